The van der Waals surface area contributed by atoms with Crippen molar-refractivity contribution in [1.82, 2.24) is 14.5 Å². The zero-order valence-corrected chi connectivity index (χ0v) is 16.5. The molecule has 0 unspecified atom stereocenters. The van der Waals surface area contributed by atoms with Gasteiger partial charge in [-0.2, -0.15) is 13.2 Å². The molecule has 0 atom stereocenters. The first-order chi connectivity index (χ1) is 14.8. The highest BCUT2D eigenvalue weighted by molar-refractivity contribution is 6.07. The van der Waals surface area contributed by atoms with Crippen LogP contribution in [0, 0.1) is 0 Å². The standard InChI is InChI=1S/C22H19F3N4O2/c1-29-10-9-26-20(29)21(30)28-19-13-27-18-7-2-14(12-17(18)19)8-11-31-16-5-3-15(4-6-16)22(23,24)25/h2-7,9-10,12-13,27H,8,11H2,1H3,(H,28,30). The van der Waals surface area contributed by atoms with Crippen LogP contribution < -0.4 is 10.1 Å². The zero-order chi connectivity index (χ0) is 22.0. The van der Waals surface area contributed by atoms with Crippen molar-refractivity contribution in [3.8, 4) is 5.75 Å². The summed E-state index contributed by atoms with van der Waals surface area (Å²) in [5.41, 5.74) is 1.75. The molecule has 0 aliphatic heterocycles. The molecule has 2 aromatic heterocycles. The van der Waals surface area contributed by atoms with Crippen LogP contribution in [-0.4, -0.2) is 27.0 Å². The molecule has 4 rings (SSSR count). The molecule has 2 N–H and O–H groups in total. The van der Waals surface area contributed by atoms with Gasteiger partial charge in [-0.15, -0.1) is 0 Å². The molecule has 2 heterocycles. The molecule has 0 saturated heterocycles. The minimum atomic E-state index is -4.37. The number of alkyl halides is 3. The Bertz CT molecular complexity index is 1210. The van der Waals surface area contributed by atoms with Gasteiger partial charge in [0.2, 0.25) is 0 Å². The van der Waals surface area contributed by atoms with E-state index in [1.165, 1.54) is 12.1 Å². The predicted molar refractivity (Wildman–Crippen MR) is 110 cm³/mol. The van der Waals surface area contributed by atoms with Crippen molar-refractivity contribution in [2.45, 2.75) is 12.6 Å². The van der Waals surface area contributed by atoms with Gasteiger partial charge in [0.25, 0.3) is 5.91 Å². The van der Waals surface area contributed by atoms with Crippen LogP contribution in [0.15, 0.2) is 61.1 Å². The van der Waals surface area contributed by atoms with Gasteiger partial charge in [-0.05, 0) is 42.0 Å². The predicted octanol–water partition coefficient (Wildman–Crippen LogP) is 4.79. The van der Waals surface area contributed by atoms with Crippen LogP contribution in [0.5, 0.6) is 5.75 Å². The van der Waals surface area contributed by atoms with Gasteiger partial charge < -0.3 is 19.6 Å². The molecule has 0 aliphatic rings. The largest absolute Gasteiger partial charge is 0.493 e. The lowest BCUT2D eigenvalue weighted by atomic mass is 10.1. The third-order valence-electron chi connectivity index (χ3n) is 4.86. The molecule has 6 nitrogen and oxygen atoms in total. The third kappa shape index (κ3) is 4.55. The molecule has 160 valence electrons. The second-order valence-corrected chi connectivity index (χ2v) is 7.02. The van der Waals surface area contributed by atoms with E-state index in [0.29, 0.717) is 30.3 Å². The number of fused-ring (bicyclic) bond motifs is 1. The highest BCUT2D eigenvalue weighted by Crippen LogP contribution is 2.30. The number of carbonyl (C=O) groups excluding carboxylic acids is 1. The first-order valence-electron chi connectivity index (χ1n) is 9.50. The number of halogens is 3. The Kier molecular flexibility index (Phi) is 5.41. The second kappa shape index (κ2) is 8.17. The molecular formula is C22H19F3N4O2. The summed E-state index contributed by atoms with van der Waals surface area (Å²) in [5, 5.41) is 3.70. The smallest absolute Gasteiger partial charge is 0.416 e. The fourth-order valence-corrected chi connectivity index (χ4v) is 3.22. The summed E-state index contributed by atoms with van der Waals surface area (Å²) in [7, 11) is 1.74. The summed E-state index contributed by atoms with van der Waals surface area (Å²) < 4.78 is 45.1. The van der Waals surface area contributed by atoms with Gasteiger partial charge >= 0.3 is 6.18 Å². The fraction of sp³-hybridized carbons (Fsp3) is 0.182. The van der Waals surface area contributed by atoms with Crippen molar-refractivity contribution in [2.75, 3.05) is 11.9 Å². The normalized spacial score (nSPS) is 11.6. The first kappa shape index (κ1) is 20.5. The Hall–Kier alpha value is -3.75. The minimum absolute atomic E-state index is 0.301. The average Bonchev–Trinajstić information content (AvgIpc) is 3.34. The number of amides is 1. The van der Waals surface area contributed by atoms with Gasteiger partial charge in [-0.1, -0.05) is 6.07 Å². The number of aromatic nitrogens is 3. The number of nitrogens with zero attached hydrogens (tertiary/aromatic N) is 2. The summed E-state index contributed by atoms with van der Waals surface area (Å²) in [6, 6.07) is 10.4. The highest BCUT2D eigenvalue weighted by atomic mass is 19.4. The molecular weight excluding hydrogens is 409 g/mol. The van der Waals surface area contributed by atoms with Gasteiger partial charge in [0.05, 0.1) is 17.9 Å². The van der Waals surface area contributed by atoms with E-state index in [4.69, 9.17) is 4.74 Å². The number of rotatable bonds is 6. The van der Waals surface area contributed by atoms with Gasteiger partial charge in [-0.25, -0.2) is 4.98 Å². The summed E-state index contributed by atoms with van der Waals surface area (Å²) in [6.45, 7) is 0.302. The van der Waals surface area contributed by atoms with E-state index in [1.54, 1.807) is 30.2 Å². The zero-order valence-electron chi connectivity index (χ0n) is 16.5. The lowest BCUT2D eigenvalue weighted by molar-refractivity contribution is -0.137. The maximum absolute atomic E-state index is 12.6. The summed E-state index contributed by atoms with van der Waals surface area (Å²) in [4.78, 5) is 19.6. The van der Waals surface area contributed by atoms with E-state index in [1.807, 2.05) is 18.2 Å². The first-order valence-corrected chi connectivity index (χ1v) is 9.50. The van der Waals surface area contributed by atoms with E-state index in [2.05, 4.69) is 15.3 Å². The maximum Gasteiger partial charge on any atom is 0.416 e. The lowest BCUT2D eigenvalue weighted by Gasteiger charge is -2.09. The van der Waals surface area contributed by atoms with Gasteiger partial charge in [0, 0.05) is 43.0 Å². The van der Waals surface area contributed by atoms with Gasteiger partial charge in [0.1, 0.15) is 5.75 Å². The number of benzene rings is 2. The van der Waals surface area contributed by atoms with Crippen LogP contribution in [0.25, 0.3) is 10.9 Å². The Morgan fingerprint density at radius 2 is 1.97 bits per heavy atom. The van der Waals surface area contributed by atoms with Crippen LogP contribution >= 0.6 is 0 Å². The number of hydrogen-bond acceptors (Lipinski definition) is 3. The molecule has 9 heteroatoms. The monoisotopic (exact) mass is 428 g/mol. The molecule has 4 aromatic rings. The molecule has 1 amide bonds. The van der Waals surface area contributed by atoms with E-state index in [9.17, 15) is 18.0 Å². The number of H-pyrrole nitrogens is 1. The van der Waals surface area contributed by atoms with Crippen LogP contribution in [0.1, 0.15) is 21.7 Å². The SMILES string of the molecule is Cn1ccnc1C(=O)Nc1c[nH]c2ccc(CCOc3ccc(C(F)(F)F)cc3)cc12. The van der Waals surface area contributed by atoms with Crippen molar-refractivity contribution in [3.63, 3.8) is 0 Å². The second-order valence-electron chi connectivity index (χ2n) is 7.02. The summed E-state index contributed by atoms with van der Waals surface area (Å²) in [5.74, 6) is 0.360. The molecule has 0 fully saturated rings. The molecule has 0 bridgehead atoms. The van der Waals surface area contributed by atoms with Crippen molar-refractivity contribution in [3.05, 3.63) is 78.0 Å². The van der Waals surface area contributed by atoms with Crippen LogP contribution in [0.3, 0.4) is 0 Å². The maximum atomic E-state index is 12.6. The summed E-state index contributed by atoms with van der Waals surface area (Å²) >= 11 is 0. The Morgan fingerprint density at radius 1 is 1.19 bits per heavy atom. The molecule has 2 aromatic carbocycles. The van der Waals surface area contributed by atoms with Crippen molar-refractivity contribution >= 4 is 22.5 Å². The number of aryl methyl sites for hydroxylation is 1. The summed E-state index contributed by atoms with van der Waals surface area (Å²) in [6.07, 6.45) is 1.15. The molecule has 31 heavy (non-hydrogen) atoms. The lowest BCUT2D eigenvalue weighted by Crippen LogP contribution is -2.16. The number of aromatic amines is 1. The van der Waals surface area contributed by atoms with Crippen LogP contribution in [-0.2, 0) is 19.6 Å². The number of ether oxygens (including phenoxy) is 1. The number of imidazole rings is 1. The highest BCUT2D eigenvalue weighted by Gasteiger charge is 2.30. The van der Waals surface area contributed by atoms with Crippen molar-refractivity contribution < 1.29 is 22.7 Å². The Balaban J connectivity index is 1.41. The molecule has 0 saturated carbocycles. The number of carbonyl (C=O) groups is 1. The third-order valence-corrected chi connectivity index (χ3v) is 4.86. The fourth-order valence-electron chi connectivity index (χ4n) is 3.22. The Labute approximate surface area is 175 Å². The topological polar surface area (TPSA) is 71.9 Å². The molecule has 0 aliphatic carbocycles. The number of nitrogens with one attached hydrogen (secondary N) is 2. The number of anilines is 1. The quantitative estimate of drug-likeness (QED) is 0.464. The van der Waals surface area contributed by atoms with E-state index in [0.717, 1.165) is 28.6 Å². The van der Waals surface area contributed by atoms with E-state index in [-0.39, 0.29) is 5.91 Å². The van der Waals surface area contributed by atoms with E-state index >= 15 is 0 Å². The van der Waals surface area contributed by atoms with Gasteiger partial charge in [-0.3, -0.25) is 4.79 Å². The minimum Gasteiger partial charge on any atom is -0.493 e. The van der Waals surface area contributed by atoms with Crippen molar-refractivity contribution in [1.29, 1.82) is 0 Å². The Morgan fingerprint density at radius 3 is 2.65 bits per heavy atom. The van der Waals surface area contributed by atoms with Crippen LogP contribution in [0.4, 0.5) is 18.9 Å². The average molecular weight is 428 g/mol. The van der Waals surface area contributed by atoms with E-state index < -0.39 is 11.7 Å². The molecule has 0 radical (unpaired) electrons. The van der Waals surface area contributed by atoms with Gasteiger partial charge in [0.15, 0.2) is 5.82 Å². The molecule has 0 spiro atoms. The van der Waals surface area contributed by atoms with Crippen molar-refractivity contribution in [2.24, 2.45) is 7.05 Å². The number of hydrogen-bond donors (Lipinski definition) is 2. The van der Waals surface area contributed by atoms with Crippen LogP contribution in [0.2, 0.25) is 0 Å².